The molecule has 0 aliphatic carbocycles. The molecule has 0 radical (unpaired) electrons. The molecule has 9 nitrogen and oxygen atoms in total. The van der Waals surface area contributed by atoms with E-state index in [1.807, 2.05) is 91.0 Å². The molecule has 1 aromatic heterocycles. The third kappa shape index (κ3) is 4.66. The van der Waals surface area contributed by atoms with Crippen molar-refractivity contribution in [3.63, 3.8) is 0 Å². The van der Waals surface area contributed by atoms with Gasteiger partial charge in [0.2, 0.25) is 23.0 Å². The van der Waals surface area contributed by atoms with Crippen LogP contribution in [0.25, 0.3) is 109 Å². The quantitative estimate of drug-likeness (QED) is 0.0376. The second kappa shape index (κ2) is 12.1. The van der Waals surface area contributed by atoms with Crippen molar-refractivity contribution in [2.75, 3.05) is 0 Å². The van der Waals surface area contributed by atoms with Gasteiger partial charge in [-0.1, -0.05) is 103 Å². The van der Waals surface area contributed by atoms with Crippen molar-refractivity contribution in [2.45, 2.75) is 0 Å². The molecular weight excluding hydrogens is 745 g/mol. The van der Waals surface area contributed by atoms with Crippen LogP contribution in [-0.4, -0.2) is 40.9 Å². The van der Waals surface area contributed by atoms with Gasteiger partial charge in [0, 0.05) is 43.4 Å². The summed E-state index contributed by atoms with van der Waals surface area (Å²) in [6.45, 7) is 0. The fraction of sp³-hybridized carbons (Fsp3) is 0. The smallest absolute Gasteiger partial charge is 0.204 e. The van der Waals surface area contributed by atoms with Crippen LogP contribution in [0.3, 0.4) is 0 Å². The highest BCUT2D eigenvalue weighted by Crippen LogP contribution is 2.62. The van der Waals surface area contributed by atoms with E-state index in [0.717, 1.165) is 48.8 Å². The minimum atomic E-state index is -1.04. The SMILES string of the molecule is Oc1c(O)c(O)c2c(-c3ccc4oc5cc6ccccc6cc5c4c3)c3c(O)c(O)c(O)c(O)c3c(-c3cccc(-c4cccc5c4ccc4ccccc45)c3)c2c1O. The average molecular weight is 775 g/mol. The number of phenols is 8. The molecule has 0 aliphatic heterocycles. The van der Waals surface area contributed by atoms with E-state index in [2.05, 4.69) is 6.07 Å². The largest absolute Gasteiger partial charge is 0.504 e. The Morgan fingerprint density at radius 1 is 0.288 bits per heavy atom. The first-order valence-electron chi connectivity index (χ1n) is 18.7. The molecule has 11 rings (SSSR count). The van der Waals surface area contributed by atoms with Gasteiger partial charge in [-0.05, 0) is 84.9 Å². The Morgan fingerprint density at radius 2 is 0.797 bits per heavy atom. The van der Waals surface area contributed by atoms with Gasteiger partial charge in [-0.3, -0.25) is 0 Å². The van der Waals surface area contributed by atoms with Crippen LogP contribution in [0.5, 0.6) is 46.0 Å². The molecule has 9 heteroatoms. The van der Waals surface area contributed by atoms with Crippen LogP contribution in [-0.2, 0) is 0 Å². The lowest BCUT2D eigenvalue weighted by molar-refractivity contribution is 0.350. The normalized spacial score (nSPS) is 11.9. The summed E-state index contributed by atoms with van der Waals surface area (Å²) in [6, 6.07) is 42.0. The number of furan rings is 1. The average Bonchev–Trinajstić information content (AvgIpc) is 3.63. The zero-order valence-electron chi connectivity index (χ0n) is 30.7. The number of aromatic hydroxyl groups is 8. The van der Waals surface area contributed by atoms with Crippen molar-refractivity contribution >= 4 is 75.8 Å². The molecule has 1 heterocycles. The molecule has 0 atom stereocenters. The molecule has 0 saturated heterocycles. The zero-order valence-corrected chi connectivity index (χ0v) is 30.7. The Bertz CT molecular complexity index is 3580. The van der Waals surface area contributed by atoms with Gasteiger partial charge in [0.15, 0.2) is 23.0 Å². The molecule has 8 N–H and O–H groups in total. The maximum Gasteiger partial charge on any atom is 0.204 e. The Labute approximate surface area is 333 Å². The molecular formula is C50H30O9. The molecule has 59 heavy (non-hydrogen) atoms. The number of benzene rings is 10. The maximum absolute atomic E-state index is 11.8. The standard InChI is InChI=1S/C50H30O9/c51-43-39-37(27-11-5-10-26(19-27)30-13-6-14-31-29-12-4-3-7-23(29)15-17-32(30)31)40-42(46(54)50(58)48(56)44(40)52)38(41(39)45(53)49(57)47(43)55)28-16-18-35-33(21-28)34-20-24-8-1-2-9-25(24)22-36(34)59-35/h1-22,51-58H. The van der Waals surface area contributed by atoms with Crippen LogP contribution >= 0.6 is 0 Å². The van der Waals surface area contributed by atoms with Crippen LogP contribution in [0, 0.1) is 0 Å². The first kappa shape index (κ1) is 34.0. The number of fused-ring (bicyclic) bond motifs is 9. The molecule has 10 aromatic carbocycles. The molecule has 0 amide bonds. The number of hydrogen-bond acceptors (Lipinski definition) is 9. The lowest BCUT2D eigenvalue weighted by Gasteiger charge is -2.22. The molecule has 0 spiro atoms. The van der Waals surface area contributed by atoms with Gasteiger partial charge in [0.25, 0.3) is 0 Å². The van der Waals surface area contributed by atoms with Crippen LogP contribution in [0.2, 0.25) is 0 Å². The molecule has 284 valence electrons. The summed E-state index contributed by atoms with van der Waals surface area (Å²) >= 11 is 0. The van der Waals surface area contributed by atoms with Crippen molar-refractivity contribution in [3.8, 4) is 79.4 Å². The van der Waals surface area contributed by atoms with Crippen molar-refractivity contribution in [1.82, 2.24) is 0 Å². The van der Waals surface area contributed by atoms with E-state index >= 15 is 0 Å². The molecule has 0 bridgehead atoms. The van der Waals surface area contributed by atoms with Gasteiger partial charge in [-0.25, -0.2) is 0 Å². The topological polar surface area (TPSA) is 175 Å². The van der Waals surface area contributed by atoms with Crippen molar-refractivity contribution in [1.29, 1.82) is 0 Å². The Morgan fingerprint density at radius 3 is 1.44 bits per heavy atom. The van der Waals surface area contributed by atoms with Crippen LogP contribution < -0.4 is 0 Å². The van der Waals surface area contributed by atoms with Crippen LogP contribution in [0.15, 0.2) is 138 Å². The van der Waals surface area contributed by atoms with E-state index in [0.29, 0.717) is 27.7 Å². The lowest BCUT2D eigenvalue weighted by atomic mass is 9.83. The predicted molar refractivity (Wildman–Crippen MR) is 231 cm³/mol. The Kier molecular flexibility index (Phi) is 6.97. The van der Waals surface area contributed by atoms with E-state index in [1.54, 1.807) is 36.4 Å². The summed E-state index contributed by atoms with van der Waals surface area (Å²) in [5, 5.41) is 98.2. The molecule has 0 saturated carbocycles. The van der Waals surface area contributed by atoms with E-state index in [-0.39, 0.29) is 32.7 Å². The first-order chi connectivity index (χ1) is 28.6. The highest BCUT2D eigenvalue weighted by Gasteiger charge is 2.32. The Hall–Kier alpha value is -8.30. The van der Waals surface area contributed by atoms with E-state index in [1.165, 1.54) is 0 Å². The molecule has 0 unspecified atom stereocenters. The fourth-order valence-electron chi connectivity index (χ4n) is 8.95. The summed E-state index contributed by atoms with van der Waals surface area (Å²) < 4.78 is 6.23. The third-order valence-electron chi connectivity index (χ3n) is 11.7. The first-order valence-corrected chi connectivity index (χ1v) is 18.7. The summed E-state index contributed by atoms with van der Waals surface area (Å²) in [7, 11) is 0. The third-order valence-corrected chi connectivity index (χ3v) is 11.7. The predicted octanol–water partition coefficient (Wildman–Crippen LogP) is 12.0. The van der Waals surface area contributed by atoms with Crippen LogP contribution in [0.1, 0.15) is 0 Å². The van der Waals surface area contributed by atoms with Gasteiger partial charge < -0.3 is 45.3 Å². The highest BCUT2D eigenvalue weighted by atomic mass is 16.4. The van der Waals surface area contributed by atoms with Gasteiger partial charge in [-0.2, -0.15) is 0 Å². The monoisotopic (exact) mass is 774 g/mol. The van der Waals surface area contributed by atoms with Gasteiger partial charge in [-0.15, -0.1) is 0 Å². The Balaban J connectivity index is 1.27. The van der Waals surface area contributed by atoms with Crippen LogP contribution in [0.4, 0.5) is 0 Å². The second-order valence-corrected chi connectivity index (χ2v) is 14.8. The molecule has 0 fully saturated rings. The number of phenolic OH excluding ortho intramolecular Hbond substituents is 8. The molecule has 11 aromatic rings. The fourth-order valence-corrected chi connectivity index (χ4v) is 8.95. The van der Waals surface area contributed by atoms with E-state index in [4.69, 9.17) is 4.42 Å². The minimum absolute atomic E-state index is 0.0289. The summed E-state index contributed by atoms with van der Waals surface area (Å²) in [4.78, 5) is 0. The van der Waals surface area contributed by atoms with E-state index < -0.39 is 46.0 Å². The molecule has 0 aliphatic rings. The van der Waals surface area contributed by atoms with Gasteiger partial charge >= 0.3 is 0 Å². The van der Waals surface area contributed by atoms with Gasteiger partial charge in [0.05, 0.1) is 0 Å². The van der Waals surface area contributed by atoms with Crippen molar-refractivity contribution in [2.24, 2.45) is 0 Å². The van der Waals surface area contributed by atoms with Gasteiger partial charge in [0.1, 0.15) is 11.2 Å². The van der Waals surface area contributed by atoms with Crippen molar-refractivity contribution < 1.29 is 45.3 Å². The summed E-state index contributed by atoms with van der Waals surface area (Å²) in [5.74, 6) is -7.52. The summed E-state index contributed by atoms with van der Waals surface area (Å²) in [5.41, 5.74) is 3.24. The lowest BCUT2D eigenvalue weighted by Crippen LogP contribution is -1.95. The maximum atomic E-state index is 11.8. The minimum Gasteiger partial charge on any atom is -0.504 e. The van der Waals surface area contributed by atoms with Crippen molar-refractivity contribution in [3.05, 3.63) is 133 Å². The van der Waals surface area contributed by atoms with E-state index in [9.17, 15) is 40.9 Å². The number of hydrogen-bond donors (Lipinski definition) is 8. The highest BCUT2D eigenvalue weighted by molar-refractivity contribution is 6.29. The summed E-state index contributed by atoms with van der Waals surface area (Å²) in [6.07, 6.45) is 0. The number of rotatable bonds is 3. The zero-order chi connectivity index (χ0) is 40.4. The second-order valence-electron chi connectivity index (χ2n) is 14.8.